The Balaban J connectivity index is 1.68. The first kappa shape index (κ1) is 25.9. The number of Topliss-reactive ketones (excluding diaryl/α,β-unsaturated/α-hetero) is 1. The number of carbonyl (C=O) groups is 2. The van der Waals surface area contributed by atoms with E-state index in [-0.39, 0.29) is 5.57 Å². The van der Waals surface area contributed by atoms with Crippen molar-refractivity contribution in [1.29, 1.82) is 0 Å². The van der Waals surface area contributed by atoms with Crippen molar-refractivity contribution in [2.24, 2.45) is 0 Å². The molecule has 5 rings (SSSR count). The third-order valence-electron chi connectivity index (χ3n) is 6.32. The minimum absolute atomic E-state index is 0.00914. The molecule has 8 nitrogen and oxygen atoms in total. The summed E-state index contributed by atoms with van der Waals surface area (Å²) in [5.74, 6) is -0.502. The molecule has 2 aromatic carbocycles. The topological polar surface area (TPSA) is 102 Å². The molecule has 0 fully saturated rings. The summed E-state index contributed by atoms with van der Waals surface area (Å²) in [6, 6.07) is 11.8. The van der Waals surface area contributed by atoms with Gasteiger partial charge in [-0.25, -0.2) is 9.97 Å². The van der Waals surface area contributed by atoms with Crippen LogP contribution in [-0.2, 0) is 4.79 Å². The summed E-state index contributed by atoms with van der Waals surface area (Å²) < 4.78 is 12.3. The Bertz CT molecular complexity index is 1570. The number of aromatic nitrogens is 2. The quantitative estimate of drug-likeness (QED) is 0.192. The fraction of sp³-hybridized carbons (Fsp3) is 0.286. The number of para-hydroxylation sites is 1. The first-order valence-corrected chi connectivity index (χ1v) is 13.9. The second-order valence-electron chi connectivity index (χ2n) is 8.89. The van der Waals surface area contributed by atoms with Crippen molar-refractivity contribution in [3.8, 4) is 11.5 Å². The van der Waals surface area contributed by atoms with Crippen LogP contribution in [-0.4, -0.2) is 40.5 Å². The van der Waals surface area contributed by atoms with E-state index in [0.717, 1.165) is 22.5 Å². The lowest BCUT2D eigenvalue weighted by Gasteiger charge is -2.26. The molecule has 3 heterocycles. The Labute approximate surface area is 228 Å². The highest BCUT2D eigenvalue weighted by molar-refractivity contribution is 7.22. The maximum Gasteiger partial charge on any atom is 0.296 e. The molecule has 0 aliphatic carbocycles. The summed E-state index contributed by atoms with van der Waals surface area (Å²) in [7, 11) is 1.58. The highest BCUT2D eigenvalue weighted by atomic mass is 32.1. The molecule has 196 valence electrons. The average molecular weight is 550 g/mol. The Morgan fingerprint density at radius 3 is 2.63 bits per heavy atom. The van der Waals surface area contributed by atoms with Gasteiger partial charge in [-0.2, -0.15) is 0 Å². The molecular formula is C28H27N3O5S2. The summed E-state index contributed by atoms with van der Waals surface area (Å²) in [5, 5.41) is 12.3. The summed E-state index contributed by atoms with van der Waals surface area (Å²) in [6.45, 7) is 6.13. The lowest BCUT2D eigenvalue weighted by Crippen LogP contribution is -2.31. The number of rotatable bonds is 9. The van der Waals surface area contributed by atoms with Crippen molar-refractivity contribution in [2.45, 2.75) is 39.7 Å². The number of anilines is 1. The average Bonchev–Trinajstić information content (AvgIpc) is 3.56. The van der Waals surface area contributed by atoms with E-state index in [9.17, 15) is 14.7 Å². The molecule has 1 amide bonds. The summed E-state index contributed by atoms with van der Waals surface area (Å²) >= 11 is 2.53. The van der Waals surface area contributed by atoms with E-state index in [2.05, 4.69) is 11.9 Å². The molecule has 4 aromatic rings. The van der Waals surface area contributed by atoms with E-state index in [0.29, 0.717) is 44.9 Å². The number of hydrogen-bond acceptors (Lipinski definition) is 9. The molecule has 0 radical (unpaired) electrons. The van der Waals surface area contributed by atoms with Crippen LogP contribution in [0, 0.1) is 13.8 Å². The van der Waals surface area contributed by atoms with Gasteiger partial charge in [0.25, 0.3) is 5.91 Å². The number of hydrogen-bond donors (Lipinski definition) is 1. The van der Waals surface area contributed by atoms with Crippen molar-refractivity contribution >= 4 is 49.7 Å². The number of nitrogens with zero attached hydrogens (tertiary/aromatic N) is 3. The zero-order valence-corrected chi connectivity index (χ0v) is 23.1. The van der Waals surface area contributed by atoms with Crippen LogP contribution in [0.2, 0.25) is 0 Å². The van der Waals surface area contributed by atoms with Gasteiger partial charge in [0.15, 0.2) is 10.9 Å². The molecule has 38 heavy (non-hydrogen) atoms. The Morgan fingerprint density at radius 1 is 1.13 bits per heavy atom. The molecule has 0 bridgehead atoms. The number of benzene rings is 2. The van der Waals surface area contributed by atoms with E-state index in [1.165, 1.54) is 27.6 Å². The first-order chi connectivity index (χ1) is 18.3. The molecule has 1 N–H and O–H groups in total. The Morgan fingerprint density at radius 2 is 1.92 bits per heavy atom. The number of methoxy groups -OCH3 is 1. The fourth-order valence-electron chi connectivity index (χ4n) is 4.48. The summed E-state index contributed by atoms with van der Waals surface area (Å²) in [5.41, 5.74) is 1.82. The molecule has 2 aromatic heterocycles. The van der Waals surface area contributed by atoms with Crippen molar-refractivity contribution in [3.05, 3.63) is 74.9 Å². The third-order valence-corrected chi connectivity index (χ3v) is 8.41. The van der Waals surface area contributed by atoms with Gasteiger partial charge >= 0.3 is 0 Å². The highest BCUT2D eigenvalue weighted by Gasteiger charge is 2.47. The SMILES string of the molecule is CCCCOc1ccccc1C1C(C(=O)c2sc(C)nc2C)=C(O)C(=O)N1c1nc2ccc(OC)cc2s1. The highest BCUT2D eigenvalue weighted by Crippen LogP contribution is 2.47. The van der Waals surface area contributed by atoms with E-state index in [1.54, 1.807) is 20.1 Å². The van der Waals surface area contributed by atoms with Crippen LogP contribution in [0.1, 0.15) is 51.7 Å². The zero-order valence-electron chi connectivity index (χ0n) is 21.5. The van der Waals surface area contributed by atoms with Crippen LogP contribution in [0.5, 0.6) is 11.5 Å². The van der Waals surface area contributed by atoms with Crippen molar-refractivity contribution in [3.63, 3.8) is 0 Å². The molecule has 1 unspecified atom stereocenters. The van der Waals surface area contributed by atoms with Gasteiger partial charge in [0, 0.05) is 5.56 Å². The van der Waals surface area contributed by atoms with Crippen LogP contribution in [0.4, 0.5) is 5.13 Å². The van der Waals surface area contributed by atoms with Gasteiger partial charge < -0.3 is 14.6 Å². The Hall–Kier alpha value is -3.76. The second-order valence-corrected chi connectivity index (χ2v) is 11.1. The number of ketones is 1. The van der Waals surface area contributed by atoms with Gasteiger partial charge in [0.1, 0.15) is 17.5 Å². The van der Waals surface area contributed by atoms with Gasteiger partial charge in [-0.15, -0.1) is 11.3 Å². The molecule has 0 saturated heterocycles. The largest absolute Gasteiger partial charge is 0.503 e. The third kappa shape index (κ3) is 4.54. The van der Waals surface area contributed by atoms with Crippen molar-refractivity contribution < 1.29 is 24.2 Å². The van der Waals surface area contributed by atoms with Gasteiger partial charge in [-0.05, 0) is 44.5 Å². The molecule has 10 heteroatoms. The van der Waals surface area contributed by atoms with Crippen molar-refractivity contribution in [1.82, 2.24) is 9.97 Å². The number of aryl methyl sites for hydroxylation is 2. The number of aliphatic hydroxyl groups is 1. The predicted octanol–water partition coefficient (Wildman–Crippen LogP) is 6.34. The maximum absolute atomic E-state index is 13.9. The molecule has 1 atom stereocenters. The van der Waals surface area contributed by atoms with E-state index in [1.807, 2.05) is 43.3 Å². The van der Waals surface area contributed by atoms with Gasteiger partial charge in [0.05, 0.1) is 45.1 Å². The minimum atomic E-state index is -0.933. The number of fused-ring (bicyclic) bond motifs is 1. The standard InChI is InChI=1S/C28H27N3O5S2/c1-5-6-13-36-20-10-8-7-9-18(20)23-22(24(32)26-15(2)29-16(3)37-26)25(33)27(34)31(23)28-30-19-12-11-17(35-4)14-21(19)38-28/h7-12,14,23,33H,5-6,13H2,1-4H3. The molecule has 1 aliphatic heterocycles. The number of thiazole rings is 2. The monoisotopic (exact) mass is 549 g/mol. The number of amides is 1. The minimum Gasteiger partial charge on any atom is -0.503 e. The lowest BCUT2D eigenvalue weighted by atomic mass is 9.94. The van der Waals surface area contributed by atoms with Gasteiger partial charge in [-0.1, -0.05) is 42.9 Å². The van der Waals surface area contributed by atoms with E-state index in [4.69, 9.17) is 14.5 Å². The van der Waals surface area contributed by atoms with Crippen LogP contribution in [0.25, 0.3) is 10.2 Å². The fourth-order valence-corrected chi connectivity index (χ4v) is 6.37. The Kier molecular flexibility index (Phi) is 7.18. The smallest absolute Gasteiger partial charge is 0.296 e. The van der Waals surface area contributed by atoms with Gasteiger partial charge in [-0.3, -0.25) is 14.5 Å². The van der Waals surface area contributed by atoms with Crippen molar-refractivity contribution in [2.75, 3.05) is 18.6 Å². The predicted molar refractivity (Wildman–Crippen MR) is 149 cm³/mol. The zero-order chi connectivity index (χ0) is 27.0. The normalized spacial score (nSPS) is 15.5. The number of unbranched alkanes of at least 4 members (excludes halogenated alkanes) is 1. The molecular weight excluding hydrogens is 522 g/mol. The molecule has 0 spiro atoms. The second kappa shape index (κ2) is 10.5. The molecule has 0 saturated carbocycles. The number of ether oxygens (including phenoxy) is 2. The van der Waals surface area contributed by atoms with Crippen LogP contribution >= 0.6 is 22.7 Å². The summed E-state index contributed by atoms with van der Waals surface area (Å²) in [4.78, 5) is 38.4. The van der Waals surface area contributed by atoms with Crippen LogP contribution in [0.15, 0.2) is 53.8 Å². The van der Waals surface area contributed by atoms with Crippen LogP contribution in [0.3, 0.4) is 0 Å². The lowest BCUT2D eigenvalue weighted by molar-refractivity contribution is -0.117. The van der Waals surface area contributed by atoms with E-state index >= 15 is 0 Å². The molecule has 1 aliphatic rings. The number of carbonyl (C=O) groups excluding carboxylic acids is 2. The number of aliphatic hydroxyl groups excluding tert-OH is 1. The maximum atomic E-state index is 13.9. The summed E-state index contributed by atoms with van der Waals surface area (Å²) in [6.07, 6.45) is 1.81. The van der Waals surface area contributed by atoms with Crippen LogP contribution < -0.4 is 14.4 Å². The van der Waals surface area contributed by atoms with Gasteiger partial charge in [0.2, 0.25) is 5.78 Å². The van der Waals surface area contributed by atoms with E-state index < -0.39 is 23.5 Å². The first-order valence-electron chi connectivity index (χ1n) is 12.3.